The van der Waals surface area contributed by atoms with E-state index in [-0.39, 0.29) is 11.9 Å². The Kier molecular flexibility index (Phi) is 3.50. The predicted octanol–water partition coefficient (Wildman–Crippen LogP) is 1.96. The van der Waals surface area contributed by atoms with Crippen LogP contribution in [0.25, 0.3) is 0 Å². The molecule has 0 spiro atoms. The SMILES string of the molecule is O=C1CCCN1C[C@H]1NCCc2c(Br)ccc(O)c21. The van der Waals surface area contributed by atoms with Crippen LogP contribution >= 0.6 is 15.9 Å². The van der Waals surface area contributed by atoms with Crippen molar-refractivity contribution < 1.29 is 9.90 Å². The summed E-state index contributed by atoms with van der Waals surface area (Å²) in [5, 5.41) is 13.5. The zero-order chi connectivity index (χ0) is 13.4. The second kappa shape index (κ2) is 5.13. The number of nitrogens with one attached hydrogen (secondary N) is 1. The van der Waals surface area contributed by atoms with Gasteiger partial charge < -0.3 is 15.3 Å². The Morgan fingerprint density at radius 1 is 1.42 bits per heavy atom. The quantitative estimate of drug-likeness (QED) is 0.874. The largest absolute Gasteiger partial charge is 0.508 e. The molecule has 1 amide bonds. The van der Waals surface area contributed by atoms with Crippen LogP contribution in [0, 0.1) is 0 Å². The molecule has 102 valence electrons. The molecule has 2 heterocycles. The number of benzene rings is 1. The van der Waals surface area contributed by atoms with Crippen molar-refractivity contribution in [2.45, 2.75) is 25.3 Å². The molecule has 2 N–H and O–H groups in total. The normalized spacial score (nSPS) is 22.7. The van der Waals surface area contributed by atoms with Gasteiger partial charge in [0.2, 0.25) is 5.91 Å². The Morgan fingerprint density at radius 2 is 2.26 bits per heavy atom. The highest BCUT2D eigenvalue weighted by Gasteiger charge is 2.29. The molecule has 4 nitrogen and oxygen atoms in total. The standard InChI is InChI=1S/C14H17BrN2O2/c15-10-3-4-12(18)14-9(10)5-6-16-11(14)8-17-7-1-2-13(17)19/h3-4,11,16,18H,1-2,5-8H2/t11-/m1/s1. The van der Waals surface area contributed by atoms with Crippen LogP contribution in [0.3, 0.4) is 0 Å². The topological polar surface area (TPSA) is 52.6 Å². The zero-order valence-corrected chi connectivity index (χ0v) is 12.2. The summed E-state index contributed by atoms with van der Waals surface area (Å²) in [5.41, 5.74) is 2.11. The summed E-state index contributed by atoms with van der Waals surface area (Å²) in [6.45, 7) is 2.36. The van der Waals surface area contributed by atoms with Crippen molar-refractivity contribution >= 4 is 21.8 Å². The van der Waals surface area contributed by atoms with Gasteiger partial charge in [-0.25, -0.2) is 0 Å². The van der Waals surface area contributed by atoms with Gasteiger partial charge >= 0.3 is 0 Å². The first-order valence-electron chi connectivity index (χ1n) is 6.68. The first kappa shape index (κ1) is 12.9. The zero-order valence-electron chi connectivity index (χ0n) is 10.7. The number of phenolic OH excluding ortho intramolecular Hbond substituents is 1. The number of phenols is 1. The minimum atomic E-state index is 0.0308. The number of fused-ring (bicyclic) bond motifs is 1. The molecule has 0 unspecified atom stereocenters. The molecule has 2 aliphatic heterocycles. The van der Waals surface area contributed by atoms with Crippen LogP contribution < -0.4 is 5.32 Å². The van der Waals surface area contributed by atoms with Crippen LogP contribution in [0.15, 0.2) is 16.6 Å². The van der Waals surface area contributed by atoms with E-state index in [1.165, 1.54) is 0 Å². The van der Waals surface area contributed by atoms with Crippen molar-refractivity contribution in [2.24, 2.45) is 0 Å². The van der Waals surface area contributed by atoms with Gasteiger partial charge in [0.1, 0.15) is 5.75 Å². The molecule has 3 rings (SSSR count). The summed E-state index contributed by atoms with van der Waals surface area (Å²) in [7, 11) is 0. The molecule has 0 aromatic heterocycles. The number of halogens is 1. The molecule has 1 fully saturated rings. The Bertz CT molecular complexity index is 518. The summed E-state index contributed by atoms with van der Waals surface area (Å²) in [5.74, 6) is 0.547. The number of carbonyl (C=O) groups excluding carboxylic acids is 1. The Labute approximate surface area is 120 Å². The van der Waals surface area contributed by atoms with E-state index in [0.717, 1.165) is 41.5 Å². The van der Waals surface area contributed by atoms with Crippen LogP contribution in [0.1, 0.15) is 30.0 Å². The molecule has 0 bridgehead atoms. The molecule has 1 saturated heterocycles. The van der Waals surface area contributed by atoms with Gasteiger partial charge in [-0.3, -0.25) is 4.79 Å². The van der Waals surface area contributed by atoms with Crippen LogP contribution in [-0.2, 0) is 11.2 Å². The van der Waals surface area contributed by atoms with Gasteiger partial charge in [-0.15, -0.1) is 0 Å². The van der Waals surface area contributed by atoms with E-state index in [9.17, 15) is 9.90 Å². The summed E-state index contributed by atoms with van der Waals surface area (Å²) < 4.78 is 1.04. The number of amides is 1. The Morgan fingerprint density at radius 3 is 3.00 bits per heavy atom. The van der Waals surface area contributed by atoms with Gasteiger partial charge in [0.05, 0.1) is 6.04 Å². The smallest absolute Gasteiger partial charge is 0.222 e. The number of nitrogens with zero attached hydrogens (tertiary/aromatic N) is 1. The van der Waals surface area contributed by atoms with E-state index in [0.29, 0.717) is 18.7 Å². The second-order valence-corrected chi connectivity index (χ2v) is 6.01. The molecule has 0 radical (unpaired) electrons. The van der Waals surface area contributed by atoms with Crippen molar-refractivity contribution in [3.63, 3.8) is 0 Å². The summed E-state index contributed by atoms with van der Waals surface area (Å²) in [4.78, 5) is 13.6. The monoisotopic (exact) mass is 324 g/mol. The molecule has 19 heavy (non-hydrogen) atoms. The van der Waals surface area contributed by atoms with Gasteiger partial charge in [-0.05, 0) is 37.1 Å². The molecule has 1 aromatic rings. The first-order valence-corrected chi connectivity index (χ1v) is 7.47. The summed E-state index contributed by atoms with van der Waals surface area (Å²) >= 11 is 3.55. The molecule has 1 aromatic carbocycles. The maximum Gasteiger partial charge on any atom is 0.222 e. The Balaban J connectivity index is 1.89. The van der Waals surface area contributed by atoms with Crippen molar-refractivity contribution in [1.29, 1.82) is 0 Å². The van der Waals surface area contributed by atoms with E-state index < -0.39 is 0 Å². The summed E-state index contributed by atoms with van der Waals surface area (Å²) in [6, 6.07) is 3.63. The molecule has 2 aliphatic rings. The highest BCUT2D eigenvalue weighted by Crippen LogP contribution is 2.36. The molecular formula is C14H17BrN2O2. The fourth-order valence-electron chi connectivity index (χ4n) is 3.02. The average Bonchev–Trinajstić information content (AvgIpc) is 2.80. The number of likely N-dealkylation sites (tertiary alicyclic amines) is 1. The summed E-state index contributed by atoms with van der Waals surface area (Å²) in [6.07, 6.45) is 2.50. The highest BCUT2D eigenvalue weighted by atomic mass is 79.9. The third-order valence-electron chi connectivity index (χ3n) is 3.97. The van der Waals surface area contributed by atoms with Crippen molar-refractivity contribution in [2.75, 3.05) is 19.6 Å². The van der Waals surface area contributed by atoms with Crippen molar-refractivity contribution in [3.8, 4) is 5.75 Å². The maximum atomic E-state index is 11.7. The lowest BCUT2D eigenvalue weighted by Crippen LogP contribution is -2.39. The Hall–Kier alpha value is -1.07. The van der Waals surface area contributed by atoms with Gasteiger partial charge in [0.25, 0.3) is 0 Å². The number of hydrogen-bond acceptors (Lipinski definition) is 3. The van der Waals surface area contributed by atoms with Crippen LogP contribution in [0.5, 0.6) is 5.75 Å². The minimum absolute atomic E-state index is 0.0308. The first-order chi connectivity index (χ1) is 9.16. The number of carbonyl (C=O) groups is 1. The van der Waals surface area contributed by atoms with E-state index in [4.69, 9.17) is 0 Å². The van der Waals surface area contributed by atoms with E-state index in [2.05, 4.69) is 21.2 Å². The van der Waals surface area contributed by atoms with E-state index in [1.807, 2.05) is 11.0 Å². The molecule has 5 heteroatoms. The second-order valence-electron chi connectivity index (χ2n) is 5.16. The molecular weight excluding hydrogens is 308 g/mol. The van der Waals surface area contributed by atoms with Gasteiger partial charge in [-0.2, -0.15) is 0 Å². The van der Waals surface area contributed by atoms with Crippen LogP contribution in [0.2, 0.25) is 0 Å². The number of hydrogen-bond donors (Lipinski definition) is 2. The fraction of sp³-hybridized carbons (Fsp3) is 0.500. The molecule has 0 aliphatic carbocycles. The third-order valence-corrected chi connectivity index (χ3v) is 4.71. The lowest BCUT2D eigenvalue weighted by molar-refractivity contribution is -0.128. The fourth-order valence-corrected chi connectivity index (χ4v) is 3.56. The van der Waals surface area contributed by atoms with E-state index in [1.54, 1.807) is 6.07 Å². The lowest BCUT2D eigenvalue weighted by Gasteiger charge is -2.31. The predicted molar refractivity (Wildman–Crippen MR) is 76.1 cm³/mol. The van der Waals surface area contributed by atoms with Gasteiger partial charge in [0, 0.05) is 29.5 Å². The average molecular weight is 325 g/mol. The minimum Gasteiger partial charge on any atom is -0.508 e. The van der Waals surface area contributed by atoms with Crippen molar-refractivity contribution in [1.82, 2.24) is 10.2 Å². The molecule has 0 saturated carbocycles. The van der Waals surface area contributed by atoms with Gasteiger partial charge in [0.15, 0.2) is 0 Å². The van der Waals surface area contributed by atoms with Gasteiger partial charge in [-0.1, -0.05) is 15.9 Å². The molecule has 1 atom stereocenters. The van der Waals surface area contributed by atoms with Crippen LogP contribution in [-0.4, -0.2) is 35.5 Å². The van der Waals surface area contributed by atoms with Crippen LogP contribution in [0.4, 0.5) is 0 Å². The highest BCUT2D eigenvalue weighted by molar-refractivity contribution is 9.10. The maximum absolute atomic E-state index is 11.7. The third kappa shape index (κ3) is 2.37. The number of aromatic hydroxyl groups is 1. The van der Waals surface area contributed by atoms with E-state index >= 15 is 0 Å². The number of rotatable bonds is 2. The lowest BCUT2D eigenvalue weighted by atomic mass is 9.93. The van der Waals surface area contributed by atoms with Crippen molar-refractivity contribution in [3.05, 3.63) is 27.7 Å².